The molecule has 1 rings (SSSR count). The highest BCUT2D eigenvalue weighted by atomic mass is 79.9. The van der Waals surface area contributed by atoms with Crippen LogP contribution in [0.4, 0.5) is 0 Å². The summed E-state index contributed by atoms with van der Waals surface area (Å²) in [5.41, 5.74) is 0. The molecule has 0 spiro atoms. The predicted molar refractivity (Wildman–Crippen MR) is 73.5 cm³/mol. The highest BCUT2D eigenvalue weighted by Crippen LogP contribution is 2.22. The van der Waals surface area contributed by atoms with Crippen LogP contribution in [0.25, 0.3) is 0 Å². The summed E-state index contributed by atoms with van der Waals surface area (Å²) in [6.45, 7) is 4.05. The Labute approximate surface area is 117 Å². The van der Waals surface area contributed by atoms with Gasteiger partial charge in [-0.1, -0.05) is 29.8 Å². The fourth-order valence-electron chi connectivity index (χ4n) is 2.17. The Morgan fingerprint density at radius 1 is 1.33 bits per heavy atom. The number of carbonyl (C=O) groups excluding carboxylic acids is 2. The number of nitrogens with one attached hydrogen (secondary N) is 1. The molecule has 1 saturated carbocycles. The van der Waals surface area contributed by atoms with Crippen molar-refractivity contribution in [2.45, 2.75) is 58.1 Å². The summed E-state index contributed by atoms with van der Waals surface area (Å²) in [7, 11) is 0. The Morgan fingerprint density at radius 3 is 2.44 bits per heavy atom. The van der Waals surface area contributed by atoms with Crippen LogP contribution in [0.15, 0.2) is 0 Å². The molecule has 1 amide bonds. The van der Waals surface area contributed by atoms with Crippen molar-refractivity contribution in [2.24, 2.45) is 5.92 Å². The third kappa shape index (κ3) is 5.38. The van der Waals surface area contributed by atoms with E-state index in [1.165, 1.54) is 0 Å². The summed E-state index contributed by atoms with van der Waals surface area (Å²) >= 11 is 3.08. The molecule has 104 valence electrons. The number of ether oxygens (including phenoxy) is 1. The van der Waals surface area contributed by atoms with Crippen molar-refractivity contribution in [1.29, 1.82) is 0 Å². The van der Waals surface area contributed by atoms with Gasteiger partial charge in [-0.15, -0.1) is 0 Å². The van der Waals surface area contributed by atoms with E-state index >= 15 is 0 Å². The Kier molecular flexibility index (Phi) is 6.68. The number of carbonyl (C=O) groups is 2. The third-order valence-corrected chi connectivity index (χ3v) is 3.54. The van der Waals surface area contributed by atoms with Crippen LogP contribution in [0.1, 0.15) is 46.0 Å². The first-order valence-corrected chi connectivity index (χ1v) is 7.71. The topological polar surface area (TPSA) is 55.4 Å². The van der Waals surface area contributed by atoms with Gasteiger partial charge < -0.3 is 10.1 Å². The lowest BCUT2D eigenvalue weighted by atomic mass is 10.0. The van der Waals surface area contributed by atoms with Crippen molar-refractivity contribution in [3.05, 3.63) is 0 Å². The number of amides is 1. The highest BCUT2D eigenvalue weighted by Gasteiger charge is 2.27. The van der Waals surface area contributed by atoms with E-state index in [1.54, 1.807) is 0 Å². The zero-order valence-electron chi connectivity index (χ0n) is 11.1. The molecule has 0 aromatic rings. The van der Waals surface area contributed by atoms with Crippen LogP contribution >= 0.6 is 15.9 Å². The van der Waals surface area contributed by atoms with E-state index in [0.29, 0.717) is 12.3 Å². The van der Waals surface area contributed by atoms with E-state index in [1.807, 2.05) is 13.8 Å². The largest absolute Gasteiger partial charge is 0.461 e. The van der Waals surface area contributed by atoms with E-state index in [4.69, 9.17) is 4.74 Å². The number of hydrogen-bond acceptors (Lipinski definition) is 3. The van der Waals surface area contributed by atoms with Crippen LogP contribution in [-0.4, -0.2) is 29.4 Å². The SMILES string of the molecule is CC(C)C[C@@H](NC(=O)CBr)C(=O)OC1CCCC1. The maximum atomic E-state index is 12.0. The molecule has 1 fully saturated rings. The second kappa shape index (κ2) is 7.77. The van der Waals surface area contributed by atoms with Crippen LogP contribution in [0.5, 0.6) is 0 Å². The van der Waals surface area contributed by atoms with Gasteiger partial charge in [0.25, 0.3) is 0 Å². The first-order valence-electron chi connectivity index (χ1n) is 6.58. The Balaban J connectivity index is 2.50. The van der Waals surface area contributed by atoms with Gasteiger partial charge in [0.05, 0.1) is 5.33 Å². The number of esters is 1. The van der Waals surface area contributed by atoms with Gasteiger partial charge in [0.1, 0.15) is 12.1 Å². The van der Waals surface area contributed by atoms with Crippen LogP contribution in [0.2, 0.25) is 0 Å². The summed E-state index contributed by atoms with van der Waals surface area (Å²) in [5.74, 6) is -0.129. The lowest BCUT2D eigenvalue weighted by Gasteiger charge is -2.21. The van der Waals surface area contributed by atoms with E-state index in [0.717, 1.165) is 25.7 Å². The maximum absolute atomic E-state index is 12.0. The summed E-state index contributed by atoms with van der Waals surface area (Å²) in [5, 5.41) is 2.92. The van der Waals surface area contributed by atoms with Crippen LogP contribution in [0, 0.1) is 5.92 Å². The minimum absolute atomic E-state index is 0.0491. The molecule has 0 saturated heterocycles. The maximum Gasteiger partial charge on any atom is 0.328 e. The quantitative estimate of drug-likeness (QED) is 0.604. The fraction of sp³-hybridized carbons (Fsp3) is 0.846. The average Bonchev–Trinajstić information content (AvgIpc) is 2.80. The van der Waals surface area contributed by atoms with Crippen molar-refractivity contribution in [2.75, 3.05) is 5.33 Å². The van der Waals surface area contributed by atoms with Crippen molar-refractivity contribution >= 4 is 27.8 Å². The molecule has 1 N–H and O–H groups in total. The zero-order valence-corrected chi connectivity index (χ0v) is 12.7. The van der Waals surface area contributed by atoms with Crippen molar-refractivity contribution in [1.82, 2.24) is 5.32 Å². The standard InChI is InChI=1S/C13H22BrNO3/c1-9(2)7-11(15-12(16)8-14)13(17)18-10-5-3-4-6-10/h9-11H,3-8H2,1-2H3,(H,15,16)/t11-/m1/s1. The number of hydrogen-bond donors (Lipinski definition) is 1. The van der Waals surface area contributed by atoms with Gasteiger partial charge >= 0.3 is 5.97 Å². The Hall–Kier alpha value is -0.580. The Morgan fingerprint density at radius 2 is 1.94 bits per heavy atom. The van der Waals surface area contributed by atoms with E-state index in [9.17, 15) is 9.59 Å². The van der Waals surface area contributed by atoms with Gasteiger partial charge in [-0.3, -0.25) is 4.79 Å². The number of alkyl halides is 1. The van der Waals surface area contributed by atoms with Gasteiger partial charge in [-0.05, 0) is 38.0 Å². The van der Waals surface area contributed by atoms with E-state index < -0.39 is 6.04 Å². The molecule has 0 aromatic carbocycles. The summed E-state index contributed by atoms with van der Waals surface area (Å²) < 4.78 is 5.45. The molecule has 0 unspecified atom stereocenters. The molecule has 18 heavy (non-hydrogen) atoms. The molecule has 0 heterocycles. The lowest BCUT2D eigenvalue weighted by molar-refractivity contribution is -0.153. The van der Waals surface area contributed by atoms with Gasteiger partial charge in [0, 0.05) is 0 Å². The van der Waals surface area contributed by atoms with Crippen molar-refractivity contribution in [3.63, 3.8) is 0 Å². The van der Waals surface area contributed by atoms with Crippen molar-refractivity contribution in [3.8, 4) is 0 Å². The fourth-order valence-corrected chi connectivity index (χ4v) is 2.33. The van der Waals surface area contributed by atoms with Gasteiger partial charge in [0.2, 0.25) is 5.91 Å². The molecule has 0 bridgehead atoms. The minimum atomic E-state index is -0.518. The Bertz CT molecular complexity index is 288. The second-order valence-electron chi connectivity index (χ2n) is 5.23. The van der Waals surface area contributed by atoms with Gasteiger partial charge in [-0.25, -0.2) is 4.79 Å². The number of rotatable bonds is 6. The third-order valence-electron chi connectivity index (χ3n) is 3.03. The van der Waals surface area contributed by atoms with Gasteiger partial charge in [0.15, 0.2) is 0 Å². The highest BCUT2D eigenvalue weighted by molar-refractivity contribution is 9.09. The molecular weight excluding hydrogens is 298 g/mol. The van der Waals surface area contributed by atoms with Gasteiger partial charge in [-0.2, -0.15) is 0 Å². The van der Waals surface area contributed by atoms with E-state index in [2.05, 4.69) is 21.2 Å². The molecule has 1 aliphatic rings. The minimum Gasteiger partial charge on any atom is -0.461 e. The first-order chi connectivity index (χ1) is 8.52. The van der Waals surface area contributed by atoms with Crippen molar-refractivity contribution < 1.29 is 14.3 Å². The molecule has 0 aromatic heterocycles. The lowest BCUT2D eigenvalue weighted by Crippen LogP contribution is -2.44. The average molecular weight is 320 g/mol. The second-order valence-corrected chi connectivity index (χ2v) is 5.79. The molecule has 1 aliphatic carbocycles. The monoisotopic (exact) mass is 319 g/mol. The van der Waals surface area contributed by atoms with Crippen LogP contribution in [-0.2, 0) is 14.3 Å². The smallest absolute Gasteiger partial charge is 0.328 e. The van der Waals surface area contributed by atoms with Crippen LogP contribution < -0.4 is 5.32 Å². The predicted octanol–water partition coefficient (Wildman–Crippen LogP) is 2.40. The molecule has 0 radical (unpaired) electrons. The van der Waals surface area contributed by atoms with E-state index in [-0.39, 0.29) is 23.3 Å². The zero-order chi connectivity index (χ0) is 13.5. The van der Waals surface area contributed by atoms with Crippen LogP contribution in [0.3, 0.4) is 0 Å². The molecule has 0 aliphatic heterocycles. The molecule has 4 nitrogen and oxygen atoms in total. The molecular formula is C13H22BrNO3. The molecule has 5 heteroatoms. The normalized spacial score (nSPS) is 17.8. The first kappa shape index (κ1) is 15.5. The molecule has 1 atom stereocenters. The summed E-state index contributed by atoms with van der Waals surface area (Å²) in [4.78, 5) is 23.4. The summed E-state index contributed by atoms with van der Waals surface area (Å²) in [6.07, 6.45) is 4.82. The summed E-state index contributed by atoms with van der Waals surface area (Å²) in [6, 6.07) is -0.518. The number of halogens is 1.